The van der Waals surface area contributed by atoms with Gasteiger partial charge in [-0.15, -0.1) is 5.10 Å². The van der Waals surface area contributed by atoms with Crippen molar-refractivity contribution in [3.05, 3.63) is 60.4 Å². The molecule has 0 bridgehead atoms. The summed E-state index contributed by atoms with van der Waals surface area (Å²) >= 11 is 0. The molecule has 0 spiro atoms. The first-order valence-corrected chi connectivity index (χ1v) is 9.22. The van der Waals surface area contributed by atoms with Crippen LogP contribution in [0.4, 0.5) is 0 Å². The summed E-state index contributed by atoms with van der Waals surface area (Å²) in [7, 11) is -3.91. The van der Waals surface area contributed by atoms with E-state index >= 15 is 0 Å². The van der Waals surface area contributed by atoms with Crippen LogP contribution in [0.5, 0.6) is 5.75 Å². The lowest BCUT2D eigenvalue weighted by atomic mass is 10.0. The largest absolute Gasteiger partial charge is 0.379 e. The fraction of sp³-hybridized carbons (Fsp3) is 0.235. The van der Waals surface area contributed by atoms with Crippen LogP contribution in [-0.4, -0.2) is 28.6 Å². The second-order valence-corrected chi connectivity index (χ2v) is 7.58. The average molecular weight is 358 g/mol. The van der Waals surface area contributed by atoms with E-state index in [0.29, 0.717) is 11.6 Å². The second kappa shape index (κ2) is 7.02. The Morgan fingerprint density at radius 1 is 1.12 bits per heavy atom. The van der Waals surface area contributed by atoms with Gasteiger partial charge in [-0.1, -0.05) is 32.0 Å². The molecule has 25 heavy (non-hydrogen) atoms. The quantitative estimate of drug-likeness (QED) is 0.630. The van der Waals surface area contributed by atoms with Crippen LogP contribution in [0, 0.1) is 5.92 Å². The Hall–Kier alpha value is -2.74. The lowest BCUT2D eigenvalue weighted by Crippen LogP contribution is -2.10. The van der Waals surface area contributed by atoms with Gasteiger partial charge in [0, 0.05) is 6.07 Å². The third kappa shape index (κ3) is 4.21. The molecule has 0 aliphatic carbocycles. The summed E-state index contributed by atoms with van der Waals surface area (Å²) in [6, 6.07) is 13.3. The van der Waals surface area contributed by atoms with Crippen LogP contribution < -0.4 is 4.18 Å². The molecule has 0 radical (unpaired) electrons. The normalized spacial score (nSPS) is 11.6. The smallest absolute Gasteiger partial charge is 0.339 e. The van der Waals surface area contributed by atoms with E-state index in [2.05, 4.69) is 29.4 Å². The fourth-order valence-corrected chi connectivity index (χ4v) is 3.32. The van der Waals surface area contributed by atoms with E-state index in [-0.39, 0.29) is 10.6 Å². The summed E-state index contributed by atoms with van der Waals surface area (Å²) in [4.78, 5) is 0.118. The zero-order valence-corrected chi connectivity index (χ0v) is 14.7. The first-order chi connectivity index (χ1) is 11.9. The fourth-order valence-electron chi connectivity index (χ4n) is 2.40. The maximum absolute atomic E-state index is 12.5. The van der Waals surface area contributed by atoms with Crippen molar-refractivity contribution >= 4 is 10.1 Å². The molecular formula is C17H18N4O3S. The number of benzene rings is 2. The SMILES string of the molecule is CC(C)Cc1ccc(S(=O)(=O)Oc2cccc(-n3cnnn3)c2)cc1. The number of tetrazole rings is 1. The highest BCUT2D eigenvalue weighted by Gasteiger charge is 2.17. The molecule has 0 amide bonds. The van der Waals surface area contributed by atoms with E-state index in [9.17, 15) is 8.42 Å². The Bertz CT molecular complexity index is 936. The van der Waals surface area contributed by atoms with Gasteiger partial charge in [-0.2, -0.15) is 8.42 Å². The molecule has 0 fully saturated rings. The van der Waals surface area contributed by atoms with Crippen molar-refractivity contribution in [2.75, 3.05) is 0 Å². The number of hydrogen-bond acceptors (Lipinski definition) is 6. The Kier molecular flexibility index (Phi) is 4.80. The van der Waals surface area contributed by atoms with Crippen molar-refractivity contribution in [1.29, 1.82) is 0 Å². The van der Waals surface area contributed by atoms with Crippen molar-refractivity contribution in [2.24, 2.45) is 5.92 Å². The van der Waals surface area contributed by atoms with Crippen LogP contribution in [-0.2, 0) is 16.5 Å². The molecule has 130 valence electrons. The van der Waals surface area contributed by atoms with Gasteiger partial charge in [-0.25, -0.2) is 4.68 Å². The number of rotatable bonds is 6. The zero-order valence-electron chi connectivity index (χ0n) is 13.9. The van der Waals surface area contributed by atoms with Crippen molar-refractivity contribution in [2.45, 2.75) is 25.2 Å². The molecule has 0 aliphatic heterocycles. The Morgan fingerprint density at radius 3 is 2.52 bits per heavy atom. The van der Waals surface area contributed by atoms with Crippen LogP contribution >= 0.6 is 0 Å². The molecule has 0 saturated heterocycles. The van der Waals surface area contributed by atoms with Gasteiger partial charge < -0.3 is 4.18 Å². The molecule has 0 saturated carbocycles. The molecule has 2 aromatic carbocycles. The molecular weight excluding hydrogens is 340 g/mol. The number of aromatic nitrogens is 4. The van der Waals surface area contributed by atoms with E-state index in [1.54, 1.807) is 36.4 Å². The van der Waals surface area contributed by atoms with E-state index in [0.717, 1.165) is 12.0 Å². The molecule has 3 aromatic rings. The molecule has 0 unspecified atom stereocenters. The molecule has 0 atom stereocenters. The minimum atomic E-state index is -3.91. The molecule has 0 N–H and O–H groups in total. The van der Waals surface area contributed by atoms with Crippen LogP contribution in [0.1, 0.15) is 19.4 Å². The van der Waals surface area contributed by atoms with Gasteiger partial charge in [-0.05, 0) is 52.6 Å². The van der Waals surface area contributed by atoms with Gasteiger partial charge in [0.15, 0.2) is 0 Å². The predicted molar refractivity (Wildman–Crippen MR) is 92.0 cm³/mol. The summed E-state index contributed by atoms with van der Waals surface area (Å²) < 4.78 is 31.6. The van der Waals surface area contributed by atoms with Gasteiger partial charge >= 0.3 is 10.1 Å². The lowest BCUT2D eigenvalue weighted by Gasteiger charge is -2.09. The van der Waals surface area contributed by atoms with E-state index in [1.807, 2.05) is 12.1 Å². The van der Waals surface area contributed by atoms with Gasteiger partial charge in [0.2, 0.25) is 0 Å². The first kappa shape index (κ1) is 17.1. The summed E-state index contributed by atoms with van der Waals surface area (Å²) in [5, 5.41) is 10.9. The number of hydrogen-bond donors (Lipinski definition) is 0. The van der Waals surface area contributed by atoms with Crippen LogP contribution in [0.3, 0.4) is 0 Å². The van der Waals surface area contributed by atoms with Crippen molar-refractivity contribution in [3.63, 3.8) is 0 Å². The van der Waals surface area contributed by atoms with Crippen LogP contribution in [0.15, 0.2) is 59.8 Å². The summed E-state index contributed by atoms with van der Waals surface area (Å²) in [5.41, 5.74) is 1.69. The third-order valence-electron chi connectivity index (χ3n) is 3.49. The van der Waals surface area contributed by atoms with Crippen molar-refractivity contribution < 1.29 is 12.6 Å². The maximum Gasteiger partial charge on any atom is 0.339 e. The van der Waals surface area contributed by atoms with E-state index in [4.69, 9.17) is 4.18 Å². The topological polar surface area (TPSA) is 87.0 Å². The van der Waals surface area contributed by atoms with Gasteiger partial charge in [-0.3, -0.25) is 0 Å². The Morgan fingerprint density at radius 2 is 1.88 bits per heavy atom. The minimum absolute atomic E-state index is 0.118. The van der Waals surface area contributed by atoms with Gasteiger partial charge in [0.1, 0.15) is 17.0 Å². The Balaban J connectivity index is 1.81. The zero-order chi connectivity index (χ0) is 17.9. The minimum Gasteiger partial charge on any atom is -0.379 e. The molecule has 1 aromatic heterocycles. The summed E-state index contributed by atoms with van der Waals surface area (Å²) in [6.07, 6.45) is 2.32. The van der Waals surface area contributed by atoms with Crippen LogP contribution in [0.25, 0.3) is 5.69 Å². The monoisotopic (exact) mass is 358 g/mol. The molecule has 3 rings (SSSR count). The van der Waals surface area contributed by atoms with Crippen LogP contribution in [0.2, 0.25) is 0 Å². The first-order valence-electron chi connectivity index (χ1n) is 7.81. The van der Waals surface area contributed by atoms with E-state index < -0.39 is 10.1 Å². The molecule has 8 heteroatoms. The second-order valence-electron chi connectivity index (χ2n) is 6.03. The van der Waals surface area contributed by atoms with Crippen molar-refractivity contribution in [1.82, 2.24) is 20.2 Å². The highest BCUT2D eigenvalue weighted by Crippen LogP contribution is 2.22. The summed E-state index contributed by atoms with van der Waals surface area (Å²) in [5.74, 6) is 0.701. The van der Waals surface area contributed by atoms with E-state index in [1.165, 1.54) is 11.0 Å². The molecule has 1 heterocycles. The van der Waals surface area contributed by atoms with Gasteiger partial charge in [0.05, 0.1) is 5.69 Å². The maximum atomic E-state index is 12.5. The highest BCUT2D eigenvalue weighted by atomic mass is 32.2. The number of nitrogens with zero attached hydrogens (tertiary/aromatic N) is 4. The lowest BCUT2D eigenvalue weighted by molar-refractivity contribution is 0.486. The third-order valence-corrected chi connectivity index (χ3v) is 4.75. The van der Waals surface area contributed by atoms with Gasteiger partial charge in [0.25, 0.3) is 0 Å². The molecule has 0 aliphatic rings. The predicted octanol–water partition coefficient (Wildman–Crippen LogP) is 2.63. The molecule has 7 nitrogen and oxygen atoms in total. The summed E-state index contributed by atoms with van der Waals surface area (Å²) in [6.45, 7) is 4.23. The van der Waals surface area contributed by atoms with Crippen molar-refractivity contribution in [3.8, 4) is 11.4 Å². The highest BCUT2D eigenvalue weighted by molar-refractivity contribution is 7.87. The Labute approximate surface area is 146 Å². The average Bonchev–Trinajstić information content (AvgIpc) is 3.09. The standard InChI is InChI=1S/C17H18N4O3S/c1-13(2)10-14-6-8-17(9-7-14)25(22,23)24-16-5-3-4-15(11-16)21-12-18-19-20-21/h3-9,11-13H,10H2,1-2H3.